The van der Waals surface area contributed by atoms with Crippen LogP contribution in [0.1, 0.15) is 45.6 Å². The molecule has 0 fully saturated rings. The van der Waals surface area contributed by atoms with Crippen LogP contribution in [0.2, 0.25) is 0 Å². The van der Waals surface area contributed by atoms with Crippen LogP contribution < -0.4 is 5.32 Å². The number of nitrogens with zero attached hydrogens (tertiary/aromatic N) is 2. The van der Waals surface area contributed by atoms with E-state index in [2.05, 4.69) is 21.2 Å². The van der Waals surface area contributed by atoms with Gasteiger partial charge >= 0.3 is 0 Å². The van der Waals surface area contributed by atoms with Gasteiger partial charge in [0.1, 0.15) is 0 Å². The average molecular weight is 297 g/mol. The minimum atomic E-state index is -0.00664. The summed E-state index contributed by atoms with van der Waals surface area (Å²) in [6.45, 7) is 5.38. The van der Waals surface area contributed by atoms with Crippen molar-refractivity contribution in [1.29, 1.82) is 0 Å². The molecule has 0 aliphatic heterocycles. The van der Waals surface area contributed by atoms with Crippen molar-refractivity contribution in [2.24, 2.45) is 0 Å². The zero-order chi connectivity index (χ0) is 15.5. The van der Waals surface area contributed by atoms with Crippen molar-refractivity contribution in [2.75, 3.05) is 6.54 Å². The Kier molecular flexibility index (Phi) is 4.27. The molecule has 0 atom stereocenters. The number of hydrogen-bond donors (Lipinski definition) is 1. The Bertz CT molecular complexity index is 667. The van der Waals surface area contributed by atoms with Gasteiger partial charge in [0, 0.05) is 17.8 Å². The van der Waals surface area contributed by atoms with Crippen LogP contribution in [0, 0.1) is 13.8 Å². The predicted molar refractivity (Wildman–Crippen MR) is 87.1 cm³/mol. The molecule has 1 aromatic carbocycles. The molecule has 4 nitrogen and oxygen atoms in total. The summed E-state index contributed by atoms with van der Waals surface area (Å²) < 4.78 is 2.05. The Morgan fingerprint density at radius 3 is 2.68 bits per heavy atom. The minimum absolute atomic E-state index is 0.00664. The largest absolute Gasteiger partial charge is 0.350 e. The third-order valence-corrected chi connectivity index (χ3v) is 4.24. The van der Waals surface area contributed by atoms with Crippen LogP contribution in [0.5, 0.6) is 0 Å². The molecule has 2 aromatic rings. The van der Waals surface area contributed by atoms with Crippen molar-refractivity contribution >= 4 is 5.91 Å². The predicted octanol–water partition coefficient (Wildman–Crippen LogP) is 2.81. The lowest BCUT2D eigenvalue weighted by Crippen LogP contribution is -2.28. The second kappa shape index (κ2) is 6.34. The van der Waals surface area contributed by atoms with E-state index in [1.165, 1.54) is 24.1 Å². The van der Waals surface area contributed by atoms with E-state index in [1.807, 2.05) is 32.2 Å². The van der Waals surface area contributed by atoms with Crippen molar-refractivity contribution in [3.63, 3.8) is 0 Å². The topological polar surface area (TPSA) is 46.9 Å². The molecule has 0 saturated carbocycles. The summed E-state index contributed by atoms with van der Waals surface area (Å²) in [5.74, 6) is -0.00664. The lowest BCUT2D eigenvalue weighted by atomic mass is 9.98. The molecule has 1 aliphatic carbocycles. The molecule has 1 N–H and O–H groups in total. The Hall–Kier alpha value is -2.10. The van der Waals surface area contributed by atoms with Gasteiger partial charge in [0.2, 0.25) is 0 Å². The summed E-state index contributed by atoms with van der Waals surface area (Å²) in [5.41, 5.74) is 5.70. The Labute approximate surface area is 131 Å². The number of carbonyl (C=O) groups excluding carboxylic acids is 1. The number of hydrogen-bond acceptors (Lipinski definition) is 2. The summed E-state index contributed by atoms with van der Waals surface area (Å²) in [6.07, 6.45) is 6.75. The summed E-state index contributed by atoms with van der Waals surface area (Å²) in [5, 5.41) is 7.46. The van der Waals surface area contributed by atoms with Crippen molar-refractivity contribution in [2.45, 2.75) is 46.1 Å². The third-order valence-electron chi connectivity index (χ3n) is 4.24. The zero-order valence-corrected chi connectivity index (χ0v) is 13.4. The van der Waals surface area contributed by atoms with E-state index in [0.29, 0.717) is 6.54 Å². The van der Waals surface area contributed by atoms with Crippen LogP contribution in [-0.4, -0.2) is 22.2 Å². The van der Waals surface area contributed by atoms with E-state index in [-0.39, 0.29) is 5.91 Å². The standard InChI is InChI=1S/C18H23N3O/c1-13-9-14(2)11-16(10-13)18(22)19-7-8-21-17-6-4-3-5-15(17)12-20-21/h9-12H,3-8H2,1-2H3,(H,19,22). The van der Waals surface area contributed by atoms with Gasteiger partial charge in [0.05, 0.1) is 12.7 Å². The highest BCUT2D eigenvalue weighted by Crippen LogP contribution is 2.20. The number of amides is 1. The van der Waals surface area contributed by atoms with E-state index in [1.54, 1.807) is 0 Å². The number of fused-ring (bicyclic) bond motifs is 1. The second-order valence-corrected chi connectivity index (χ2v) is 6.18. The lowest BCUT2D eigenvalue weighted by molar-refractivity contribution is 0.0951. The van der Waals surface area contributed by atoms with Crippen LogP contribution in [-0.2, 0) is 19.4 Å². The highest BCUT2D eigenvalue weighted by Gasteiger charge is 2.14. The maximum absolute atomic E-state index is 12.2. The molecule has 116 valence electrons. The van der Waals surface area contributed by atoms with Crippen LogP contribution in [0.15, 0.2) is 24.4 Å². The highest BCUT2D eigenvalue weighted by atomic mass is 16.1. The summed E-state index contributed by atoms with van der Waals surface area (Å²) in [6, 6.07) is 5.93. The van der Waals surface area contributed by atoms with Crippen LogP contribution in [0.3, 0.4) is 0 Å². The maximum atomic E-state index is 12.2. The van der Waals surface area contributed by atoms with Crippen molar-refractivity contribution in [3.05, 3.63) is 52.3 Å². The maximum Gasteiger partial charge on any atom is 0.251 e. The van der Waals surface area contributed by atoms with Gasteiger partial charge in [-0.2, -0.15) is 5.10 Å². The minimum Gasteiger partial charge on any atom is -0.350 e. The van der Waals surface area contributed by atoms with Gasteiger partial charge < -0.3 is 5.32 Å². The van der Waals surface area contributed by atoms with Gasteiger partial charge in [-0.05, 0) is 57.2 Å². The molecule has 1 aliphatic rings. The molecule has 0 saturated heterocycles. The second-order valence-electron chi connectivity index (χ2n) is 6.18. The molecule has 4 heteroatoms. The number of nitrogens with one attached hydrogen (secondary N) is 1. The van der Waals surface area contributed by atoms with E-state index >= 15 is 0 Å². The fraction of sp³-hybridized carbons (Fsp3) is 0.444. The molecule has 0 bridgehead atoms. The van der Waals surface area contributed by atoms with E-state index in [9.17, 15) is 4.79 Å². The zero-order valence-electron chi connectivity index (χ0n) is 13.4. The first-order valence-electron chi connectivity index (χ1n) is 8.03. The number of aryl methyl sites for hydroxylation is 3. The Morgan fingerprint density at radius 1 is 1.18 bits per heavy atom. The molecule has 1 amide bonds. The quantitative estimate of drug-likeness (QED) is 0.943. The van der Waals surface area contributed by atoms with E-state index in [0.717, 1.165) is 36.1 Å². The molecular weight excluding hydrogens is 274 g/mol. The Morgan fingerprint density at radius 2 is 1.91 bits per heavy atom. The average Bonchev–Trinajstić information content (AvgIpc) is 2.90. The van der Waals surface area contributed by atoms with Crippen LogP contribution in [0.25, 0.3) is 0 Å². The first kappa shape index (κ1) is 14.8. The highest BCUT2D eigenvalue weighted by molar-refractivity contribution is 5.94. The van der Waals surface area contributed by atoms with Crippen molar-refractivity contribution in [1.82, 2.24) is 15.1 Å². The smallest absolute Gasteiger partial charge is 0.251 e. The van der Waals surface area contributed by atoms with Crippen molar-refractivity contribution < 1.29 is 4.79 Å². The summed E-state index contributed by atoms with van der Waals surface area (Å²) in [4.78, 5) is 12.2. The fourth-order valence-electron chi connectivity index (χ4n) is 3.23. The normalized spacial score (nSPS) is 13.7. The molecular formula is C18H23N3O. The molecule has 0 radical (unpaired) electrons. The SMILES string of the molecule is Cc1cc(C)cc(C(=O)NCCn2ncc3c2CCCC3)c1. The molecule has 0 unspecified atom stereocenters. The van der Waals surface area contributed by atoms with Gasteiger partial charge in [0.15, 0.2) is 0 Å². The fourth-order valence-corrected chi connectivity index (χ4v) is 3.23. The molecule has 22 heavy (non-hydrogen) atoms. The van der Waals surface area contributed by atoms with Gasteiger partial charge in [-0.3, -0.25) is 9.48 Å². The van der Waals surface area contributed by atoms with Crippen LogP contribution in [0.4, 0.5) is 0 Å². The van der Waals surface area contributed by atoms with Crippen LogP contribution >= 0.6 is 0 Å². The summed E-state index contributed by atoms with van der Waals surface area (Å²) in [7, 11) is 0. The first-order valence-corrected chi connectivity index (χ1v) is 8.03. The monoisotopic (exact) mass is 297 g/mol. The van der Waals surface area contributed by atoms with E-state index < -0.39 is 0 Å². The third kappa shape index (κ3) is 3.21. The number of aromatic nitrogens is 2. The van der Waals surface area contributed by atoms with Crippen molar-refractivity contribution in [3.8, 4) is 0 Å². The first-order chi connectivity index (χ1) is 10.6. The van der Waals surface area contributed by atoms with Gasteiger partial charge in [-0.25, -0.2) is 0 Å². The number of rotatable bonds is 4. The Balaban J connectivity index is 1.59. The lowest BCUT2D eigenvalue weighted by Gasteiger charge is -2.14. The number of carbonyl (C=O) groups is 1. The van der Waals surface area contributed by atoms with E-state index in [4.69, 9.17) is 0 Å². The van der Waals surface area contributed by atoms with Gasteiger partial charge in [-0.1, -0.05) is 17.2 Å². The molecule has 1 aromatic heterocycles. The molecule has 3 rings (SSSR count). The van der Waals surface area contributed by atoms with Gasteiger partial charge in [-0.15, -0.1) is 0 Å². The number of benzene rings is 1. The van der Waals surface area contributed by atoms with Gasteiger partial charge in [0.25, 0.3) is 5.91 Å². The molecule has 1 heterocycles. The molecule has 0 spiro atoms. The summed E-state index contributed by atoms with van der Waals surface area (Å²) >= 11 is 0.